The van der Waals surface area contributed by atoms with E-state index < -0.39 is 10.0 Å². The van der Waals surface area contributed by atoms with Gasteiger partial charge in [-0.3, -0.25) is 0 Å². The van der Waals surface area contributed by atoms with Crippen molar-refractivity contribution in [2.75, 3.05) is 18.9 Å². The molecule has 21 heavy (non-hydrogen) atoms. The summed E-state index contributed by atoms with van der Waals surface area (Å²) in [5, 5.41) is 5.18. The van der Waals surface area contributed by atoms with Crippen LogP contribution in [-0.2, 0) is 16.6 Å². The molecule has 0 amide bonds. The van der Waals surface area contributed by atoms with Crippen molar-refractivity contribution >= 4 is 38.8 Å². The van der Waals surface area contributed by atoms with Crippen LogP contribution in [0.4, 0.5) is 5.82 Å². The smallest absolute Gasteiger partial charge is 0.244 e. The highest BCUT2D eigenvalue weighted by molar-refractivity contribution is 7.89. The first-order valence-corrected chi connectivity index (χ1v) is 9.03. The molecule has 5 nitrogen and oxygen atoms in total. The van der Waals surface area contributed by atoms with Crippen molar-refractivity contribution < 1.29 is 8.42 Å². The number of nitrogens with zero attached hydrogens (tertiary/aromatic N) is 2. The van der Waals surface area contributed by atoms with E-state index in [1.807, 2.05) is 24.4 Å². The summed E-state index contributed by atoms with van der Waals surface area (Å²) in [4.78, 5) is 5.13. The molecule has 1 N–H and O–H groups in total. The van der Waals surface area contributed by atoms with E-state index in [1.54, 1.807) is 7.05 Å². The second-order valence-electron chi connectivity index (χ2n) is 4.37. The number of pyridine rings is 1. The molecule has 0 unspecified atom stereocenters. The minimum atomic E-state index is -3.60. The molecule has 0 saturated heterocycles. The minimum absolute atomic E-state index is 0.0909. The molecule has 0 radical (unpaired) electrons. The third kappa shape index (κ3) is 3.74. The molecule has 0 aliphatic heterocycles. The topological polar surface area (TPSA) is 62.3 Å². The maximum absolute atomic E-state index is 12.5. The van der Waals surface area contributed by atoms with Crippen LogP contribution in [0.15, 0.2) is 34.7 Å². The largest absolute Gasteiger partial charge is 0.369 e. The minimum Gasteiger partial charge on any atom is -0.369 e. The number of sulfonamides is 1. The highest BCUT2D eigenvalue weighted by Crippen LogP contribution is 2.25. The Bertz CT molecular complexity index is 702. The van der Waals surface area contributed by atoms with Crippen LogP contribution in [0, 0.1) is 0 Å². The molecule has 2 heterocycles. The normalized spacial score (nSPS) is 11.8. The van der Waals surface area contributed by atoms with Crippen molar-refractivity contribution in [3.8, 4) is 0 Å². The van der Waals surface area contributed by atoms with Crippen LogP contribution in [0.25, 0.3) is 0 Å². The van der Waals surface area contributed by atoms with Gasteiger partial charge >= 0.3 is 0 Å². The molecular formula is C13H16ClN3O2S2. The molecule has 0 fully saturated rings. The Morgan fingerprint density at radius 2 is 2.24 bits per heavy atom. The first-order chi connectivity index (χ1) is 9.95. The van der Waals surface area contributed by atoms with Crippen LogP contribution in [-0.4, -0.2) is 31.3 Å². The van der Waals surface area contributed by atoms with E-state index in [9.17, 15) is 8.42 Å². The number of rotatable bonds is 6. The summed E-state index contributed by atoms with van der Waals surface area (Å²) in [6.45, 7) is 2.90. The summed E-state index contributed by atoms with van der Waals surface area (Å²) < 4.78 is 26.3. The van der Waals surface area contributed by atoms with Crippen LogP contribution in [0.5, 0.6) is 0 Å². The van der Waals surface area contributed by atoms with Crippen molar-refractivity contribution in [1.29, 1.82) is 0 Å². The van der Waals surface area contributed by atoms with Gasteiger partial charge in [0.2, 0.25) is 10.0 Å². The van der Waals surface area contributed by atoms with Gasteiger partial charge in [0.1, 0.15) is 10.7 Å². The van der Waals surface area contributed by atoms with Crippen LogP contribution >= 0.6 is 22.9 Å². The van der Waals surface area contributed by atoms with E-state index >= 15 is 0 Å². The maximum atomic E-state index is 12.5. The van der Waals surface area contributed by atoms with Gasteiger partial charge < -0.3 is 5.32 Å². The number of aromatic nitrogens is 1. The lowest BCUT2D eigenvalue weighted by Gasteiger charge is -2.16. The molecule has 2 aromatic rings. The molecule has 2 aromatic heterocycles. The number of halogens is 1. The summed E-state index contributed by atoms with van der Waals surface area (Å²) in [6.07, 6.45) is 1.32. The fraction of sp³-hybridized carbons (Fsp3) is 0.308. The maximum Gasteiger partial charge on any atom is 0.244 e. The molecule has 114 valence electrons. The Morgan fingerprint density at radius 3 is 2.81 bits per heavy atom. The second kappa shape index (κ2) is 6.74. The van der Waals surface area contributed by atoms with E-state index in [0.29, 0.717) is 23.9 Å². The third-order valence-corrected chi connectivity index (χ3v) is 5.75. The standard InChI is InChI=1S/C13H16ClN3O2S2/c1-3-15-13-12(14)7-11(8-16-13)21(18,19)17(2)9-10-5-4-6-20-10/h4-8H,3,9H2,1-2H3,(H,15,16). The van der Waals surface area contributed by atoms with Crippen molar-refractivity contribution in [3.05, 3.63) is 39.7 Å². The highest BCUT2D eigenvalue weighted by atomic mass is 35.5. The van der Waals surface area contributed by atoms with Gasteiger partial charge in [0.15, 0.2) is 0 Å². The molecule has 0 aliphatic carbocycles. The Morgan fingerprint density at radius 1 is 1.48 bits per heavy atom. The quantitative estimate of drug-likeness (QED) is 0.874. The number of anilines is 1. The van der Waals surface area contributed by atoms with Crippen molar-refractivity contribution in [2.24, 2.45) is 0 Å². The zero-order chi connectivity index (χ0) is 15.5. The van der Waals surface area contributed by atoms with E-state index in [4.69, 9.17) is 11.6 Å². The van der Waals surface area contributed by atoms with Gasteiger partial charge in [0.05, 0.1) is 5.02 Å². The molecule has 0 atom stereocenters. The van der Waals surface area contributed by atoms with Gasteiger partial charge in [-0.1, -0.05) is 17.7 Å². The monoisotopic (exact) mass is 345 g/mol. The van der Waals surface area contributed by atoms with Crippen molar-refractivity contribution in [2.45, 2.75) is 18.4 Å². The zero-order valence-corrected chi connectivity index (χ0v) is 14.1. The lowest BCUT2D eigenvalue weighted by atomic mass is 10.4. The summed E-state index contributed by atoms with van der Waals surface area (Å²) in [6, 6.07) is 5.22. The van der Waals surface area contributed by atoms with Crippen LogP contribution in [0.3, 0.4) is 0 Å². The fourth-order valence-electron chi connectivity index (χ4n) is 1.75. The highest BCUT2D eigenvalue weighted by Gasteiger charge is 2.22. The van der Waals surface area contributed by atoms with Crippen molar-refractivity contribution in [3.63, 3.8) is 0 Å². The predicted octanol–water partition coefficient (Wildman–Crippen LogP) is 3.05. The first kappa shape index (κ1) is 16.2. The number of hydrogen-bond acceptors (Lipinski definition) is 5. The summed E-state index contributed by atoms with van der Waals surface area (Å²) in [7, 11) is -2.06. The molecule has 0 aromatic carbocycles. The Kier molecular flexibility index (Phi) is 5.21. The Balaban J connectivity index is 2.24. The van der Waals surface area contributed by atoms with Gasteiger partial charge in [-0.25, -0.2) is 13.4 Å². The lowest BCUT2D eigenvalue weighted by Crippen LogP contribution is -2.26. The third-order valence-electron chi connectivity index (χ3n) is 2.83. The molecule has 2 rings (SSSR count). The van der Waals surface area contributed by atoms with Crippen LogP contribution in [0.1, 0.15) is 11.8 Å². The molecule has 0 spiro atoms. The number of nitrogens with one attached hydrogen (secondary N) is 1. The molecule has 0 saturated carbocycles. The Labute approximate surface area is 133 Å². The lowest BCUT2D eigenvalue weighted by molar-refractivity contribution is 0.469. The van der Waals surface area contributed by atoms with E-state index in [1.165, 1.54) is 27.9 Å². The van der Waals surface area contributed by atoms with Gasteiger partial charge in [0, 0.05) is 31.2 Å². The van der Waals surface area contributed by atoms with E-state index in [0.717, 1.165) is 4.88 Å². The second-order valence-corrected chi connectivity index (χ2v) is 7.86. The Hall–Kier alpha value is -1.15. The first-order valence-electron chi connectivity index (χ1n) is 6.33. The molecule has 8 heteroatoms. The van der Waals surface area contributed by atoms with Crippen molar-refractivity contribution in [1.82, 2.24) is 9.29 Å². The molecule has 0 aliphatic rings. The van der Waals surface area contributed by atoms with Gasteiger partial charge in [0.25, 0.3) is 0 Å². The number of thiophene rings is 1. The summed E-state index contributed by atoms with van der Waals surface area (Å²) in [5.41, 5.74) is 0. The average Bonchev–Trinajstić information content (AvgIpc) is 2.94. The summed E-state index contributed by atoms with van der Waals surface area (Å²) >= 11 is 7.57. The van der Waals surface area contributed by atoms with E-state index in [-0.39, 0.29) is 4.90 Å². The van der Waals surface area contributed by atoms with Crippen LogP contribution in [0.2, 0.25) is 5.02 Å². The van der Waals surface area contributed by atoms with Gasteiger partial charge in [-0.05, 0) is 24.4 Å². The zero-order valence-electron chi connectivity index (χ0n) is 11.7. The van der Waals surface area contributed by atoms with Gasteiger partial charge in [-0.2, -0.15) is 4.31 Å². The molecular weight excluding hydrogens is 330 g/mol. The predicted molar refractivity (Wildman–Crippen MR) is 86.4 cm³/mol. The van der Waals surface area contributed by atoms with E-state index in [2.05, 4.69) is 10.3 Å². The van der Waals surface area contributed by atoms with Gasteiger partial charge in [-0.15, -0.1) is 11.3 Å². The van der Waals surface area contributed by atoms with Crippen LogP contribution < -0.4 is 5.32 Å². The fourth-order valence-corrected chi connectivity index (χ4v) is 4.00. The molecule has 0 bridgehead atoms. The number of hydrogen-bond donors (Lipinski definition) is 1. The summed E-state index contributed by atoms with van der Waals surface area (Å²) in [5.74, 6) is 0.485. The SMILES string of the molecule is CCNc1ncc(S(=O)(=O)N(C)Cc2cccs2)cc1Cl. The average molecular weight is 346 g/mol.